The van der Waals surface area contributed by atoms with Gasteiger partial charge in [-0.3, -0.25) is 0 Å². The summed E-state index contributed by atoms with van der Waals surface area (Å²) in [4.78, 5) is 0. The van der Waals surface area contributed by atoms with Crippen LogP contribution in [0.3, 0.4) is 0 Å². The predicted molar refractivity (Wildman–Crippen MR) is 108 cm³/mol. The monoisotopic (exact) mass is 406 g/mol. The van der Waals surface area contributed by atoms with E-state index in [1.807, 2.05) is 20.9 Å². The van der Waals surface area contributed by atoms with Gasteiger partial charge >= 0.3 is 0 Å². The molecule has 4 atom stereocenters. The summed E-state index contributed by atoms with van der Waals surface area (Å²) in [7, 11) is 1.93. The van der Waals surface area contributed by atoms with Gasteiger partial charge in [-0.2, -0.15) is 0 Å². The lowest BCUT2D eigenvalue weighted by atomic mass is 10.2. The van der Waals surface area contributed by atoms with Crippen LogP contribution in [0, 0.1) is 0 Å². The van der Waals surface area contributed by atoms with Crippen molar-refractivity contribution in [1.29, 1.82) is 0 Å². The SMILES string of the molecule is CC.CC(Oc1ccc(O)cc1)C(CO)OC1O[C@H]1O.CCNC.NCCO. The minimum atomic E-state index is -0.917. The minimum absolute atomic E-state index is 0.0972. The molecule has 28 heavy (non-hydrogen) atoms. The Hall–Kier alpha value is -1.46. The summed E-state index contributed by atoms with van der Waals surface area (Å²) in [6.45, 7) is 9.11. The lowest BCUT2D eigenvalue weighted by Crippen LogP contribution is -2.35. The smallest absolute Gasteiger partial charge is 0.212 e. The number of rotatable bonds is 8. The van der Waals surface area contributed by atoms with E-state index in [0.29, 0.717) is 12.3 Å². The van der Waals surface area contributed by atoms with Gasteiger partial charge in [0.05, 0.1) is 13.2 Å². The number of aliphatic hydroxyl groups excluding tert-OH is 3. The third kappa shape index (κ3) is 14.6. The third-order valence-electron chi connectivity index (χ3n) is 3.08. The van der Waals surface area contributed by atoms with E-state index in [2.05, 4.69) is 12.2 Å². The summed E-state index contributed by atoms with van der Waals surface area (Å²) in [5.74, 6) is 0.707. The molecule has 7 N–H and O–H groups in total. The van der Waals surface area contributed by atoms with E-state index >= 15 is 0 Å². The molecule has 2 rings (SSSR count). The summed E-state index contributed by atoms with van der Waals surface area (Å²) in [5, 5.41) is 38.0. The maximum atomic E-state index is 9.20. The predicted octanol–water partition coefficient (Wildman–Crippen LogP) is 0.401. The summed E-state index contributed by atoms with van der Waals surface area (Å²) in [6, 6.07) is 6.24. The van der Waals surface area contributed by atoms with Crippen LogP contribution in [0.1, 0.15) is 27.7 Å². The molecule has 0 saturated carbocycles. The van der Waals surface area contributed by atoms with Crippen LogP contribution < -0.4 is 15.8 Å². The molecule has 1 heterocycles. The molecule has 166 valence electrons. The van der Waals surface area contributed by atoms with Gasteiger partial charge in [-0.1, -0.05) is 20.8 Å². The molecular formula is C19H38N2O7. The van der Waals surface area contributed by atoms with Crippen LogP contribution in [0.5, 0.6) is 11.5 Å². The number of benzene rings is 1. The fraction of sp³-hybridized carbons (Fsp3) is 0.684. The molecule has 0 aliphatic carbocycles. The number of aromatic hydroxyl groups is 1. The number of phenolic OH excluding ortho intramolecular Hbond substituents is 1. The van der Waals surface area contributed by atoms with Gasteiger partial charge in [-0.05, 0) is 44.8 Å². The van der Waals surface area contributed by atoms with Crippen LogP contribution in [0.25, 0.3) is 0 Å². The van der Waals surface area contributed by atoms with Crippen molar-refractivity contribution in [3.05, 3.63) is 24.3 Å². The molecule has 0 radical (unpaired) electrons. The van der Waals surface area contributed by atoms with Gasteiger partial charge in [0.25, 0.3) is 0 Å². The van der Waals surface area contributed by atoms with Crippen molar-refractivity contribution in [3.63, 3.8) is 0 Å². The normalized spacial score (nSPS) is 18.8. The summed E-state index contributed by atoms with van der Waals surface area (Å²) < 4.78 is 15.5. The molecule has 1 saturated heterocycles. The zero-order valence-corrected chi connectivity index (χ0v) is 17.5. The lowest BCUT2D eigenvalue weighted by molar-refractivity contribution is -0.0837. The molecule has 1 aromatic carbocycles. The largest absolute Gasteiger partial charge is 0.508 e. The Balaban J connectivity index is 0. The maximum absolute atomic E-state index is 9.20. The molecular weight excluding hydrogens is 368 g/mol. The van der Waals surface area contributed by atoms with Gasteiger partial charge in [0.2, 0.25) is 12.6 Å². The van der Waals surface area contributed by atoms with Crippen LogP contribution >= 0.6 is 0 Å². The molecule has 0 spiro atoms. The molecule has 1 aliphatic rings. The van der Waals surface area contributed by atoms with Crippen molar-refractivity contribution in [3.8, 4) is 11.5 Å². The highest BCUT2D eigenvalue weighted by Crippen LogP contribution is 2.24. The van der Waals surface area contributed by atoms with Crippen LogP contribution in [0.2, 0.25) is 0 Å². The summed E-state index contributed by atoms with van der Waals surface area (Å²) in [5.41, 5.74) is 4.78. The maximum Gasteiger partial charge on any atom is 0.212 e. The van der Waals surface area contributed by atoms with Crippen molar-refractivity contribution in [1.82, 2.24) is 5.32 Å². The van der Waals surface area contributed by atoms with E-state index in [1.54, 1.807) is 19.1 Å². The van der Waals surface area contributed by atoms with E-state index in [9.17, 15) is 5.11 Å². The quantitative estimate of drug-likeness (QED) is 0.337. The number of hydrogen-bond acceptors (Lipinski definition) is 9. The second kappa shape index (κ2) is 18.9. The highest BCUT2D eigenvalue weighted by Gasteiger charge is 2.41. The Morgan fingerprint density at radius 1 is 1.21 bits per heavy atom. The topological polar surface area (TPSA) is 150 Å². The molecule has 9 nitrogen and oxygen atoms in total. The summed E-state index contributed by atoms with van der Waals surface area (Å²) in [6.07, 6.45) is -2.62. The average molecular weight is 407 g/mol. The molecule has 9 heteroatoms. The number of epoxide rings is 1. The lowest BCUT2D eigenvalue weighted by Gasteiger charge is -2.22. The zero-order chi connectivity index (χ0) is 21.9. The van der Waals surface area contributed by atoms with Crippen molar-refractivity contribution in [2.75, 3.05) is 33.4 Å². The Bertz CT molecular complexity index is 440. The highest BCUT2D eigenvalue weighted by atomic mass is 16.8. The Morgan fingerprint density at radius 3 is 2.00 bits per heavy atom. The number of phenols is 1. The molecule has 3 unspecified atom stereocenters. The Labute approximate surface area is 168 Å². The Morgan fingerprint density at radius 2 is 1.68 bits per heavy atom. The summed E-state index contributed by atoms with van der Waals surface area (Å²) >= 11 is 0. The zero-order valence-electron chi connectivity index (χ0n) is 17.5. The standard InChI is InChI=1S/C12H16O6.C3H9N.C2H7NO.C2H6/c1-7(10(6-13)17-12-11(15)18-12)16-9-4-2-8(14)3-5-9;1-3-4-2;3-1-2-4;1-2/h2-5,7,10-15H,6H2,1H3;4H,3H2,1-2H3;4H,1-3H2;1-2H3/t7?,10?,11-,12?;;;/m1.../s1. The van der Waals surface area contributed by atoms with E-state index in [-0.39, 0.29) is 19.0 Å². The van der Waals surface area contributed by atoms with Gasteiger partial charge < -0.3 is 45.7 Å². The van der Waals surface area contributed by atoms with Gasteiger partial charge in [0, 0.05) is 6.54 Å². The van der Waals surface area contributed by atoms with E-state index in [4.69, 9.17) is 35.3 Å². The number of hydrogen-bond donors (Lipinski definition) is 6. The second-order valence-electron chi connectivity index (χ2n) is 5.29. The van der Waals surface area contributed by atoms with Crippen LogP contribution in [0.4, 0.5) is 0 Å². The molecule has 0 bridgehead atoms. The number of ether oxygens (including phenoxy) is 3. The van der Waals surface area contributed by atoms with Crippen molar-refractivity contribution < 1.29 is 34.6 Å². The molecule has 1 aromatic rings. The minimum Gasteiger partial charge on any atom is -0.508 e. The van der Waals surface area contributed by atoms with Crippen LogP contribution in [-0.4, -0.2) is 78.6 Å². The highest BCUT2D eigenvalue weighted by molar-refractivity contribution is 5.30. The number of nitrogens with one attached hydrogen (secondary N) is 1. The first kappa shape index (κ1) is 28.7. The number of aliphatic hydroxyl groups is 3. The Kier molecular flexibility index (Phi) is 19.4. The fourth-order valence-electron chi connectivity index (χ4n) is 1.48. The molecule has 0 amide bonds. The first-order valence-electron chi connectivity index (χ1n) is 9.44. The van der Waals surface area contributed by atoms with Crippen LogP contribution in [0.15, 0.2) is 24.3 Å². The van der Waals surface area contributed by atoms with Gasteiger partial charge in [0.15, 0.2) is 0 Å². The van der Waals surface area contributed by atoms with Gasteiger partial charge in [-0.15, -0.1) is 0 Å². The van der Waals surface area contributed by atoms with Crippen molar-refractivity contribution in [2.24, 2.45) is 5.73 Å². The van der Waals surface area contributed by atoms with Gasteiger partial charge in [0.1, 0.15) is 23.7 Å². The van der Waals surface area contributed by atoms with E-state index in [0.717, 1.165) is 6.54 Å². The van der Waals surface area contributed by atoms with E-state index in [1.165, 1.54) is 12.1 Å². The van der Waals surface area contributed by atoms with Crippen molar-refractivity contribution in [2.45, 2.75) is 52.5 Å². The molecule has 1 fully saturated rings. The number of nitrogens with two attached hydrogens (primary N) is 1. The van der Waals surface area contributed by atoms with Crippen molar-refractivity contribution >= 4 is 0 Å². The average Bonchev–Trinajstić information content (AvgIpc) is 3.44. The van der Waals surface area contributed by atoms with E-state index < -0.39 is 24.8 Å². The first-order valence-corrected chi connectivity index (χ1v) is 9.44. The third-order valence-corrected chi connectivity index (χ3v) is 3.08. The van der Waals surface area contributed by atoms with Crippen LogP contribution in [-0.2, 0) is 9.47 Å². The second-order valence-corrected chi connectivity index (χ2v) is 5.29. The first-order chi connectivity index (χ1) is 13.4. The van der Waals surface area contributed by atoms with Gasteiger partial charge in [-0.25, -0.2) is 0 Å². The molecule has 1 aliphatic heterocycles. The fourth-order valence-corrected chi connectivity index (χ4v) is 1.48. The molecule has 0 aromatic heterocycles.